The fraction of sp³-hybridized carbons (Fsp3) is 0.167. The van der Waals surface area contributed by atoms with E-state index in [4.69, 9.17) is 14.2 Å². The van der Waals surface area contributed by atoms with Gasteiger partial charge in [-0.15, -0.1) is 0 Å². The normalized spacial score (nSPS) is 11.1. The van der Waals surface area contributed by atoms with Gasteiger partial charge in [0.1, 0.15) is 12.2 Å². The molecule has 0 fully saturated rings. The van der Waals surface area contributed by atoms with E-state index in [1.807, 2.05) is 0 Å². The second kappa shape index (κ2) is 11.9. The van der Waals surface area contributed by atoms with Gasteiger partial charge in [-0.3, -0.25) is 14.9 Å². The number of hydrogen-bond acceptors (Lipinski definition) is 9. The van der Waals surface area contributed by atoms with E-state index in [1.54, 1.807) is 18.2 Å². The van der Waals surface area contributed by atoms with Gasteiger partial charge in [0.25, 0.3) is 21.6 Å². The monoisotopic (exact) mass is 528 g/mol. The van der Waals surface area contributed by atoms with Gasteiger partial charge in [0.15, 0.2) is 11.5 Å². The number of amides is 1. The molecule has 0 spiro atoms. The number of sulfonamides is 1. The molecule has 0 heterocycles. The Kier molecular flexibility index (Phi) is 8.64. The number of para-hydroxylation sites is 2. The van der Waals surface area contributed by atoms with Crippen molar-refractivity contribution in [3.63, 3.8) is 0 Å². The van der Waals surface area contributed by atoms with Crippen molar-refractivity contribution in [3.8, 4) is 17.2 Å². The van der Waals surface area contributed by atoms with Crippen LogP contribution in [0.5, 0.6) is 17.2 Å². The van der Waals surface area contributed by atoms with Crippen molar-refractivity contribution in [1.82, 2.24) is 5.43 Å². The molecule has 0 unspecified atom stereocenters. The maximum Gasteiger partial charge on any atom is 0.293 e. The van der Waals surface area contributed by atoms with Gasteiger partial charge in [-0.2, -0.15) is 5.10 Å². The summed E-state index contributed by atoms with van der Waals surface area (Å²) in [6, 6.07) is 15.7. The van der Waals surface area contributed by atoms with E-state index in [1.165, 1.54) is 70.0 Å². The van der Waals surface area contributed by atoms with Gasteiger partial charge < -0.3 is 14.2 Å². The van der Waals surface area contributed by atoms with Crippen LogP contribution in [0.3, 0.4) is 0 Å². The van der Waals surface area contributed by atoms with Gasteiger partial charge in [0.2, 0.25) is 5.75 Å². The molecule has 0 radical (unpaired) electrons. The molecule has 0 saturated heterocycles. The van der Waals surface area contributed by atoms with Gasteiger partial charge in [-0.1, -0.05) is 30.3 Å². The predicted octanol–water partition coefficient (Wildman–Crippen LogP) is 2.97. The molecule has 3 aromatic rings. The maximum absolute atomic E-state index is 13.4. The molecule has 0 aliphatic heterocycles. The van der Waals surface area contributed by atoms with Crippen molar-refractivity contribution < 1.29 is 32.3 Å². The van der Waals surface area contributed by atoms with Crippen LogP contribution in [0, 0.1) is 10.1 Å². The zero-order chi connectivity index (χ0) is 27.0. The predicted molar refractivity (Wildman–Crippen MR) is 136 cm³/mol. The van der Waals surface area contributed by atoms with Crippen LogP contribution < -0.4 is 23.9 Å². The zero-order valence-corrected chi connectivity index (χ0v) is 21.0. The summed E-state index contributed by atoms with van der Waals surface area (Å²) in [6.07, 6.45) is 1.30. The van der Waals surface area contributed by atoms with Crippen LogP contribution in [0.25, 0.3) is 0 Å². The lowest BCUT2D eigenvalue weighted by molar-refractivity contribution is -0.384. The van der Waals surface area contributed by atoms with Gasteiger partial charge in [-0.05, 0) is 30.3 Å². The minimum Gasteiger partial charge on any atom is -0.493 e. The van der Waals surface area contributed by atoms with Crippen LogP contribution in [0.4, 0.5) is 11.4 Å². The van der Waals surface area contributed by atoms with Crippen molar-refractivity contribution in [3.05, 3.63) is 82.4 Å². The number of nitrogens with zero attached hydrogens (tertiary/aromatic N) is 3. The first-order valence-corrected chi connectivity index (χ1v) is 12.1. The number of nitrogens with one attached hydrogen (secondary N) is 1. The summed E-state index contributed by atoms with van der Waals surface area (Å²) in [5, 5.41) is 15.5. The lowest BCUT2D eigenvalue weighted by Gasteiger charge is -2.23. The quantitative estimate of drug-likeness (QED) is 0.227. The van der Waals surface area contributed by atoms with Crippen LogP contribution in [-0.2, 0) is 14.8 Å². The molecular weight excluding hydrogens is 504 g/mol. The third kappa shape index (κ3) is 6.13. The number of carbonyl (C=O) groups is 1. The molecule has 0 aliphatic carbocycles. The second-order valence-corrected chi connectivity index (χ2v) is 9.18. The number of hydrazone groups is 1. The lowest BCUT2D eigenvalue weighted by atomic mass is 10.2. The summed E-state index contributed by atoms with van der Waals surface area (Å²) in [4.78, 5) is 23.5. The number of anilines is 1. The highest BCUT2D eigenvalue weighted by molar-refractivity contribution is 7.92. The lowest BCUT2D eigenvalue weighted by Crippen LogP contribution is -2.39. The van der Waals surface area contributed by atoms with Gasteiger partial charge >= 0.3 is 0 Å². The maximum atomic E-state index is 13.4. The molecule has 0 saturated carbocycles. The number of nitro benzene ring substituents is 1. The Labute approximate surface area is 213 Å². The van der Waals surface area contributed by atoms with Crippen molar-refractivity contribution in [1.29, 1.82) is 0 Å². The Balaban J connectivity index is 1.90. The molecule has 0 aliphatic rings. The Hall–Kier alpha value is -4.65. The highest BCUT2D eigenvalue weighted by atomic mass is 32.2. The van der Waals surface area contributed by atoms with E-state index >= 15 is 0 Å². The van der Waals surface area contributed by atoms with Gasteiger partial charge in [0.05, 0.1) is 37.4 Å². The van der Waals surface area contributed by atoms with Crippen molar-refractivity contribution in [2.45, 2.75) is 4.90 Å². The minimum atomic E-state index is -4.34. The van der Waals surface area contributed by atoms with E-state index in [-0.39, 0.29) is 10.6 Å². The van der Waals surface area contributed by atoms with E-state index in [9.17, 15) is 23.3 Å². The van der Waals surface area contributed by atoms with Crippen molar-refractivity contribution >= 4 is 33.5 Å². The Bertz CT molecular complexity index is 1390. The van der Waals surface area contributed by atoms with E-state index in [2.05, 4.69) is 10.5 Å². The summed E-state index contributed by atoms with van der Waals surface area (Å²) in [5.41, 5.74) is 2.00. The highest BCUT2D eigenvalue weighted by Crippen LogP contribution is 2.37. The molecule has 13 heteroatoms. The molecule has 0 aromatic heterocycles. The number of rotatable bonds is 11. The molecule has 0 atom stereocenters. The average molecular weight is 529 g/mol. The summed E-state index contributed by atoms with van der Waals surface area (Å²) >= 11 is 0. The van der Waals surface area contributed by atoms with E-state index in [0.717, 1.165) is 6.07 Å². The molecule has 1 amide bonds. The second-order valence-electron chi connectivity index (χ2n) is 7.32. The first-order valence-electron chi connectivity index (χ1n) is 10.7. The van der Waals surface area contributed by atoms with Crippen LogP contribution in [0.1, 0.15) is 5.56 Å². The molecule has 3 aromatic carbocycles. The molecule has 37 heavy (non-hydrogen) atoms. The first kappa shape index (κ1) is 26.9. The Morgan fingerprint density at radius 2 is 1.59 bits per heavy atom. The van der Waals surface area contributed by atoms with Crippen molar-refractivity contribution in [2.75, 3.05) is 32.2 Å². The number of ether oxygens (including phenoxy) is 3. The molecule has 12 nitrogen and oxygen atoms in total. The third-order valence-corrected chi connectivity index (χ3v) is 6.83. The molecular formula is C24H24N4O8S. The summed E-state index contributed by atoms with van der Waals surface area (Å²) in [6.45, 7) is -0.769. The fourth-order valence-electron chi connectivity index (χ4n) is 3.37. The standard InChI is InChI=1S/C24H24N4O8S/c1-34-21-13-17(14-22(35-2)24(21)36-3)15-25-26-23(29)16-27(19-11-7-8-12-20(19)28(30)31)37(32,33)18-9-5-4-6-10-18/h4-15H,16H2,1-3H3,(H,26,29)/b25-15-. The van der Waals surface area contributed by atoms with Crippen molar-refractivity contribution in [2.24, 2.45) is 5.10 Å². The number of carbonyl (C=O) groups excluding carboxylic acids is 1. The van der Waals surface area contributed by atoms with Crippen LogP contribution in [0.15, 0.2) is 76.7 Å². The summed E-state index contributed by atoms with van der Waals surface area (Å²) in [7, 11) is 0.0180. The van der Waals surface area contributed by atoms with E-state index < -0.39 is 33.1 Å². The van der Waals surface area contributed by atoms with Gasteiger partial charge in [-0.25, -0.2) is 18.1 Å². The van der Waals surface area contributed by atoms with Gasteiger partial charge in [0, 0.05) is 11.6 Å². The summed E-state index contributed by atoms with van der Waals surface area (Å²) in [5.74, 6) is 0.274. The molecule has 0 bridgehead atoms. The zero-order valence-electron chi connectivity index (χ0n) is 20.2. The minimum absolute atomic E-state index is 0.137. The molecule has 1 N–H and O–H groups in total. The van der Waals surface area contributed by atoms with E-state index in [0.29, 0.717) is 27.1 Å². The topological polar surface area (TPSA) is 150 Å². The molecule has 194 valence electrons. The average Bonchev–Trinajstić information content (AvgIpc) is 2.91. The number of hydrogen-bond donors (Lipinski definition) is 1. The largest absolute Gasteiger partial charge is 0.493 e. The van der Waals surface area contributed by atoms with Crippen LogP contribution >= 0.6 is 0 Å². The highest BCUT2D eigenvalue weighted by Gasteiger charge is 2.31. The smallest absolute Gasteiger partial charge is 0.293 e. The summed E-state index contributed by atoms with van der Waals surface area (Å²) < 4.78 is 43.3. The SMILES string of the molecule is COc1cc(/C=N\NC(=O)CN(c2ccccc2[N+](=O)[O-])S(=O)(=O)c2ccccc2)cc(OC)c1OC. The third-order valence-electron chi connectivity index (χ3n) is 5.06. The first-order chi connectivity index (χ1) is 17.7. The fourth-order valence-corrected chi connectivity index (χ4v) is 4.83. The van der Waals surface area contributed by atoms with Crippen LogP contribution in [0.2, 0.25) is 0 Å². The number of nitro groups is 1. The number of benzene rings is 3. The number of methoxy groups -OCH3 is 3. The molecule has 3 rings (SSSR count). The Morgan fingerprint density at radius 1 is 1.00 bits per heavy atom. The van der Waals surface area contributed by atoms with Crippen LogP contribution in [-0.4, -0.2) is 53.3 Å². The Morgan fingerprint density at radius 3 is 2.16 bits per heavy atom.